The first-order valence-electron chi connectivity index (χ1n) is 8.19. The zero-order valence-corrected chi connectivity index (χ0v) is 16.0. The number of nitrogens with two attached hydrogens (primary N) is 4. The summed E-state index contributed by atoms with van der Waals surface area (Å²) in [7, 11) is 0. The second kappa shape index (κ2) is 7.69. The molecule has 0 aliphatic rings. The molecule has 0 bridgehead atoms. The van der Waals surface area contributed by atoms with E-state index in [0.717, 1.165) is 39.2 Å². The fourth-order valence-corrected chi connectivity index (χ4v) is 2.71. The highest BCUT2D eigenvalue weighted by Gasteiger charge is 2.09. The van der Waals surface area contributed by atoms with Crippen molar-refractivity contribution in [3.05, 3.63) is 56.6 Å². The van der Waals surface area contributed by atoms with Gasteiger partial charge in [0.05, 0.1) is 6.17 Å². The first-order chi connectivity index (χ1) is 11.0. The number of hydrogen-bond acceptors (Lipinski definition) is 4. The third kappa shape index (κ3) is 4.08. The maximum Gasteiger partial charge on any atom is 0.0787 e. The Morgan fingerprint density at radius 1 is 0.583 bits per heavy atom. The summed E-state index contributed by atoms with van der Waals surface area (Å²) in [6, 6.07) is 4.19. The van der Waals surface area contributed by atoms with Crippen molar-refractivity contribution < 1.29 is 0 Å². The summed E-state index contributed by atoms with van der Waals surface area (Å²) in [5.41, 5.74) is 33.9. The Labute approximate surface area is 146 Å². The Morgan fingerprint density at radius 3 is 1.25 bits per heavy atom. The largest absolute Gasteiger partial charge is 0.398 e. The Morgan fingerprint density at radius 2 is 0.917 bits per heavy atom. The summed E-state index contributed by atoms with van der Waals surface area (Å²) in [5.74, 6) is 0. The Bertz CT molecular complexity index is 641. The van der Waals surface area contributed by atoms with E-state index in [1.165, 1.54) is 16.7 Å². The van der Waals surface area contributed by atoms with E-state index in [9.17, 15) is 0 Å². The summed E-state index contributed by atoms with van der Waals surface area (Å²) >= 11 is 0. The lowest BCUT2D eigenvalue weighted by Gasteiger charge is -2.14. The lowest BCUT2D eigenvalue weighted by atomic mass is 9.97. The summed E-state index contributed by atoms with van der Waals surface area (Å²) in [6.07, 6.45) is -0.357. The van der Waals surface area contributed by atoms with Gasteiger partial charge in [-0.05, 0) is 93.0 Å². The molecular formula is C20H32N4. The second-order valence-electron chi connectivity index (χ2n) is 6.65. The van der Waals surface area contributed by atoms with Crippen LogP contribution in [0.4, 0.5) is 11.4 Å². The summed E-state index contributed by atoms with van der Waals surface area (Å²) < 4.78 is 0. The monoisotopic (exact) mass is 328 g/mol. The highest BCUT2D eigenvalue weighted by Crippen LogP contribution is 2.29. The van der Waals surface area contributed by atoms with Crippen LogP contribution >= 0.6 is 0 Å². The van der Waals surface area contributed by atoms with E-state index >= 15 is 0 Å². The molecule has 24 heavy (non-hydrogen) atoms. The maximum atomic E-state index is 5.90. The summed E-state index contributed by atoms with van der Waals surface area (Å²) in [5, 5.41) is 0. The second-order valence-corrected chi connectivity index (χ2v) is 6.65. The van der Waals surface area contributed by atoms with Crippen LogP contribution in [0, 0.1) is 48.5 Å². The molecule has 2 rings (SSSR count). The Kier molecular flexibility index (Phi) is 6.41. The van der Waals surface area contributed by atoms with Crippen LogP contribution in [0.5, 0.6) is 0 Å². The minimum atomic E-state index is -0.357. The molecule has 2 aromatic carbocycles. The fraction of sp³-hybridized carbons (Fsp3) is 0.400. The third-order valence-electron chi connectivity index (χ3n) is 4.98. The van der Waals surface area contributed by atoms with Crippen LogP contribution in [0.25, 0.3) is 0 Å². The van der Waals surface area contributed by atoms with Crippen LogP contribution in [0.3, 0.4) is 0 Å². The maximum absolute atomic E-state index is 5.90. The minimum absolute atomic E-state index is 0.357. The molecule has 4 heteroatoms. The summed E-state index contributed by atoms with van der Waals surface area (Å²) in [4.78, 5) is 0. The van der Waals surface area contributed by atoms with Crippen LogP contribution < -0.4 is 22.9 Å². The van der Waals surface area contributed by atoms with Crippen molar-refractivity contribution in [3.8, 4) is 0 Å². The number of benzene rings is 2. The van der Waals surface area contributed by atoms with Gasteiger partial charge in [0.25, 0.3) is 0 Å². The van der Waals surface area contributed by atoms with Crippen molar-refractivity contribution >= 4 is 11.4 Å². The lowest BCUT2D eigenvalue weighted by molar-refractivity contribution is 0.765. The van der Waals surface area contributed by atoms with E-state index in [4.69, 9.17) is 22.9 Å². The molecule has 0 aromatic heterocycles. The van der Waals surface area contributed by atoms with Gasteiger partial charge >= 0.3 is 0 Å². The molecule has 0 spiro atoms. The molecule has 0 heterocycles. The molecule has 0 saturated carbocycles. The molecule has 8 N–H and O–H groups in total. The molecule has 0 aliphatic heterocycles. The zero-order chi connectivity index (χ0) is 18.8. The van der Waals surface area contributed by atoms with Crippen molar-refractivity contribution in [3.63, 3.8) is 0 Å². The van der Waals surface area contributed by atoms with Crippen LogP contribution in [-0.4, -0.2) is 0 Å². The molecule has 2 aromatic rings. The molecule has 0 aliphatic carbocycles. The van der Waals surface area contributed by atoms with Gasteiger partial charge in [-0.15, -0.1) is 0 Å². The average Bonchev–Trinajstić information content (AvgIpc) is 2.53. The van der Waals surface area contributed by atoms with Crippen molar-refractivity contribution in [2.24, 2.45) is 11.5 Å². The van der Waals surface area contributed by atoms with E-state index in [1.54, 1.807) is 0 Å². The predicted octanol–water partition coefficient (Wildman–Crippen LogP) is 3.61. The first-order valence-corrected chi connectivity index (χ1v) is 8.19. The van der Waals surface area contributed by atoms with E-state index in [1.807, 2.05) is 34.6 Å². The van der Waals surface area contributed by atoms with Gasteiger partial charge in [-0.1, -0.05) is 12.1 Å². The predicted molar refractivity (Wildman–Crippen MR) is 106 cm³/mol. The molecule has 0 saturated heterocycles. The molecule has 0 unspecified atom stereocenters. The van der Waals surface area contributed by atoms with Crippen molar-refractivity contribution in [1.29, 1.82) is 0 Å². The highest BCUT2D eigenvalue weighted by atomic mass is 14.8. The van der Waals surface area contributed by atoms with Crippen molar-refractivity contribution in [2.45, 2.75) is 54.6 Å². The minimum Gasteiger partial charge on any atom is -0.398 e. The standard InChI is InChI=1S/2C10H16N2/c1-6-4-8(3)9(10(11)12)5-7(6)2;1-5-6(2)10(12)8(4)7(3)9(5)11/h4-5,10H,11-12H2,1-3H3;11-12H2,1-4H3. The average molecular weight is 329 g/mol. The molecular weight excluding hydrogens is 296 g/mol. The number of rotatable bonds is 1. The molecule has 0 radical (unpaired) electrons. The molecule has 0 atom stereocenters. The Hall–Kier alpha value is -2.04. The van der Waals surface area contributed by atoms with E-state index in [2.05, 4.69) is 26.0 Å². The van der Waals surface area contributed by atoms with Crippen LogP contribution in [0.1, 0.15) is 50.7 Å². The smallest absolute Gasteiger partial charge is 0.0787 e. The van der Waals surface area contributed by atoms with Crippen molar-refractivity contribution in [1.82, 2.24) is 0 Å². The fourth-order valence-electron chi connectivity index (χ4n) is 2.71. The van der Waals surface area contributed by atoms with Gasteiger partial charge in [-0.2, -0.15) is 0 Å². The molecule has 0 fully saturated rings. The van der Waals surface area contributed by atoms with Crippen molar-refractivity contribution in [2.75, 3.05) is 11.5 Å². The van der Waals surface area contributed by atoms with E-state index in [-0.39, 0.29) is 6.17 Å². The third-order valence-corrected chi connectivity index (χ3v) is 4.98. The quantitative estimate of drug-likeness (QED) is 0.474. The van der Waals surface area contributed by atoms with Crippen LogP contribution in [-0.2, 0) is 0 Å². The molecule has 0 amide bonds. The summed E-state index contributed by atoms with van der Waals surface area (Å²) in [6.45, 7) is 14.2. The number of hydrogen-bond donors (Lipinski definition) is 4. The van der Waals surface area contributed by atoms with Crippen LogP contribution in [0.2, 0.25) is 0 Å². The van der Waals surface area contributed by atoms with Gasteiger partial charge in [-0.3, -0.25) is 0 Å². The van der Waals surface area contributed by atoms with E-state index < -0.39 is 0 Å². The van der Waals surface area contributed by atoms with Crippen LogP contribution in [0.15, 0.2) is 12.1 Å². The van der Waals surface area contributed by atoms with Gasteiger partial charge < -0.3 is 22.9 Å². The number of anilines is 2. The molecule has 4 nitrogen and oxygen atoms in total. The van der Waals surface area contributed by atoms with Gasteiger partial charge in [0.15, 0.2) is 0 Å². The van der Waals surface area contributed by atoms with Gasteiger partial charge in [0.1, 0.15) is 0 Å². The van der Waals surface area contributed by atoms with E-state index in [0.29, 0.717) is 0 Å². The number of aryl methyl sites for hydroxylation is 3. The zero-order valence-electron chi connectivity index (χ0n) is 16.0. The molecule has 132 valence electrons. The van der Waals surface area contributed by atoms with Gasteiger partial charge in [0, 0.05) is 11.4 Å². The SMILES string of the molecule is Cc1c(C)c(N)c(C)c(C)c1N.Cc1cc(C)c(C(N)N)cc1C. The number of nitrogen functional groups attached to an aromatic ring is 2. The van der Waals surface area contributed by atoms with Gasteiger partial charge in [0.2, 0.25) is 0 Å². The van der Waals surface area contributed by atoms with Gasteiger partial charge in [-0.25, -0.2) is 0 Å². The Balaban J connectivity index is 0.000000240. The highest BCUT2D eigenvalue weighted by molar-refractivity contribution is 5.69. The lowest BCUT2D eigenvalue weighted by Crippen LogP contribution is -2.21. The first kappa shape index (κ1) is 20.0. The normalized spacial score (nSPS) is 10.6. The topological polar surface area (TPSA) is 104 Å².